The molecule has 0 spiro atoms. The van der Waals surface area contributed by atoms with Gasteiger partial charge in [0.05, 0.1) is 11.2 Å². The Morgan fingerprint density at radius 1 is 1.00 bits per heavy atom. The zero-order valence-electron chi connectivity index (χ0n) is 16.4. The minimum Gasteiger partial charge on any atom is -0.490 e. The van der Waals surface area contributed by atoms with Gasteiger partial charge in [-0.3, -0.25) is 0 Å². The highest BCUT2D eigenvalue weighted by Crippen LogP contribution is 2.37. The smallest absolute Gasteiger partial charge is 0.490 e. The standard InChI is InChI=1S/C22H26BFO3/c1-21(2)22(3,4)27-23(26-21)17-8-12-20-16(14-17)7-11-19(25-20)13-15-5-9-18(24)10-6-15/h5-6,8-10,12,14,19H,7,11,13H2,1-4H3/t19-/m1/s1. The van der Waals surface area contributed by atoms with Gasteiger partial charge in [0, 0.05) is 6.42 Å². The summed E-state index contributed by atoms with van der Waals surface area (Å²) < 4.78 is 31.6. The number of aryl methyl sites for hydroxylation is 1. The number of halogens is 1. The Morgan fingerprint density at radius 2 is 1.67 bits per heavy atom. The molecule has 0 aromatic heterocycles. The number of hydrogen-bond donors (Lipinski definition) is 0. The van der Waals surface area contributed by atoms with Crippen LogP contribution in [0.1, 0.15) is 45.2 Å². The first-order chi connectivity index (χ1) is 12.7. The van der Waals surface area contributed by atoms with Crippen molar-refractivity contribution in [1.82, 2.24) is 0 Å². The van der Waals surface area contributed by atoms with E-state index in [0.717, 1.165) is 36.0 Å². The summed E-state index contributed by atoms with van der Waals surface area (Å²) in [6.45, 7) is 8.26. The Labute approximate surface area is 161 Å². The van der Waals surface area contributed by atoms with E-state index in [9.17, 15) is 4.39 Å². The van der Waals surface area contributed by atoms with Crippen LogP contribution in [0.4, 0.5) is 4.39 Å². The molecule has 142 valence electrons. The van der Waals surface area contributed by atoms with Gasteiger partial charge in [-0.2, -0.15) is 0 Å². The molecule has 1 atom stereocenters. The van der Waals surface area contributed by atoms with Crippen molar-refractivity contribution in [3.05, 3.63) is 59.4 Å². The average Bonchev–Trinajstić information content (AvgIpc) is 2.84. The molecule has 2 aliphatic rings. The molecular formula is C22H26BFO3. The van der Waals surface area contributed by atoms with Crippen LogP contribution < -0.4 is 10.2 Å². The van der Waals surface area contributed by atoms with Crippen LogP contribution in [0.5, 0.6) is 5.75 Å². The first-order valence-electron chi connectivity index (χ1n) is 9.63. The van der Waals surface area contributed by atoms with Gasteiger partial charge in [0.2, 0.25) is 0 Å². The summed E-state index contributed by atoms with van der Waals surface area (Å²) >= 11 is 0. The molecular weight excluding hydrogens is 342 g/mol. The number of rotatable bonds is 3. The van der Waals surface area contributed by atoms with Crippen molar-refractivity contribution in [3.63, 3.8) is 0 Å². The van der Waals surface area contributed by atoms with Crippen LogP contribution in [0.3, 0.4) is 0 Å². The largest absolute Gasteiger partial charge is 0.494 e. The van der Waals surface area contributed by atoms with E-state index in [1.54, 1.807) is 0 Å². The lowest BCUT2D eigenvalue weighted by atomic mass is 9.77. The molecule has 2 aromatic rings. The molecule has 0 unspecified atom stereocenters. The highest BCUT2D eigenvalue weighted by molar-refractivity contribution is 6.62. The van der Waals surface area contributed by atoms with Gasteiger partial charge in [-0.15, -0.1) is 0 Å². The van der Waals surface area contributed by atoms with Gasteiger partial charge in [-0.05, 0) is 75.3 Å². The van der Waals surface area contributed by atoms with E-state index in [4.69, 9.17) is 14.0 Å². The van der Waals surface area contributed by atoms with Crippen LogP contribution in [-0.4, -0.2) is 24.4 Å². The fraction of sp³-hybridized carbons (Fsp3) is 0.455. The van der Waals surface area contributed by atoms with E-state index in [0.29, 0.717) is 0 Å². The molecule has 1 saturated heterocycles. The molecule has 3 nitrogen and oxygen atoms in total. The van der Waals surface area contributed by atoms with E-state index in [1.165, 1.54) is 17.7 Å². The molecule has 5 heteroatoms. The van der Waals surface area contributed by atoms with E-state index in [2.05, 4.69) is 33.8 Å². The van der Waals surface area contributed by atoms with Gasteiger partial charge in [0.1, 0.15) is 17.7 Å². The lowest BCUT2D eigenvalue weighted by Crippen LogP contribution is -2.41. The predicted octanol–water partition coefficient (Wildman–Crippen LogP) is 4.06. The second-order valence-corrected chi connectivity index (χ2v) is 8.56. The Morgan fingerprint density at radius 3 is 2.33 bits per heavy atom. The Hall–Kier alpha value is -1.85. The molecule has 2 heterocycles. The monoisotopic (exact) mass is 368 g/mol. The topological polar surface area (TPSA) is 27.7 Å². The molecule has 2 aromatic carbocycles. The summed E-state index contributed by atoms with van der Waals surface area (Å²) in [7, 11) is -0.350. The predicted molar refractivity (Wildman–Crippen MR) is 105 cm³/mol. The summed E-state index contributed by atoms with van der Waals surface area (Å²) in [6, 6.07) is 12.9. The highest BCUT2D eigenvalue weighted by atomic mass is 19.1. The van der Waals surface area contributed by atoms with Gasteiger partial charge in [0.25, 0.3) is 0 Å². The van der Waals surface area contributed by atoms with Gasteiger partial charge < -0.3 is 14.0 Å². The zero-order valence-corrected chi connectivity index (χ0v) is 16.4. The van der Waals surface area contributed by atoms with Crippen molar-refractivity contribution in [3.8, 4) is 5.75 Å². The van der Waals surface area contributed by atoms with Crippen LogP contribution in [0, 0.1) is 5.82 Å². The molecule has 0 N–H and O–H groups in total. The number of benzene rings is 2. The van der Waals surface area contributed by atoms with Crippen LogP contribution in [0.15, 0.2) is 42.5 Å². The van der Waals surface area contributed by atoms with Gasteiger partial charge >= 0.3 is 7.12 Å². The molecule has 0 saturated carbocycles. The molecule has 0 radical (unpaired) electrons. The lowest BCUT2D eigenvalue weighted by Gasteiger charge is -2.32. The van der Waals surface area contributed by atoms with Crippen LogP contribution >= 0.6 is 0 Å². The summed E-state index contributed by atoms with van der Waals surface area (Å²) in [6.07, 6.45) is 2.80. The van der Waals surface area contributed by atoms with Crippen molar-refractivity contribution in [2.75, 3.05) is 0 Å². The summed E-state index contributed by atoms with van der Waals surface area (Å²) in [5, 5.41) is 0. The third kappa shape index (κ3) is 3.63. The molecule has 0 amide bonds. The minimum absolute atomic E-state index is 0.116. The van der Waals surface area contributed by atoms with Crippen LogP contribution in [0.25, 0.3) is 0 Å². The first-order valence-corrected chi connectivity index (χ1v) is 9.63. The summed E-state index contributed by atoms with van der Waals surface area (Å²) in [5.41, 5.74) is 2.64. The van der Waals surface area contributed by atoms with E-state index in [-0.39, 0.29) is 30.2 Å². The second kappa shape index (κ2) is 6.64. The fourth-order valence-corrected chi connectivity index (χ4v) is 3.62. The second-order valence-electron chi connectivity index (χ2n) is 8.56. The van der Waals surface area contributed by atoms with Gasteiger partial charge in [0.15, 0.2) is 0 Å². The SMILES string of the molecule is CC1(C)OB(c2ccc3c(c2)CC[C@H](Cc2ccc(F)cc2)O3)OC1(C)C. The van der Waals surface area contributed by atoms with E-state index in [1.807, 2.05) is 24.3 Å². The molecule has 2 aliphatic heterocycles. The maximum atomic E-state index is 13.1. The van der Waals surface area contributed by atoms with Crippen LogP contribution in [-0.2, 0) is 22.2 Å². The Kier molecular flexibility index (Phi) is 4.56. The third-order valence-electron chi connectivity index (χ3n) is 6.02. The highest BCUT2D eigenvalue weighted by Gasteiger charge is 2.51. The van der Waals surface area contributed by atoms with Crippen molar-refractivity contribution in [2.24, 2.45) is 0 Å². The van der Waals surface area contributed by atoms with Crippen molar-refractivity contribution in [2.45, 2.75) is 64.3 Å². The number of ether oxygens (including phenoxy) is 1. The quantitative estimate of drug-likeness (QED) is 0.765. The van der Waals surface area contributed by atoms with Crippen molar-refractivity contribution >= 4 is 12.6 Å². The van der Waals surface area contributed by atoms with Gasteiger partial charge in [-0.25, -0.2) is 4.39 Å². The van der Waals surface area contributed by atoms with Crippen LogP contribution in [0.2, 0.25) is 0 Å². The van der Waals surface area contributed by atoms with E-state index < -0.39 is 0 Å². The third-order valence-corrected chi connectivity index (χ3v) is 6.02. The Bertz CT molecular complexity index is 816. The molecule has 1 fully saturated rings. The maximum absolute atomic E-state index is 13.1. The average molecular weight is 368 g/mol. The summed E-state index contributed by atoms with van der Waals surface area (Å²) in [5.74, 6) is 0.720. The van der Waals surface area contributed by atoms with Crippen molar-refractivity contribution < 1.29 is 18.4 Å². The maximum Gasteiger partial charge on any atom is 0.494 e. The fourth-order valence-electron chi connectivity index (χ4n) is 3.62. The van der Waals surface area contributed by atoms with E-state index >= 15 is 0 Å². The first kappa shape index (κ1) is 18.5. The normalized spacial score (nSPS) is 23.0. The van der Waals surface area contributed by atoms with Gasteiger partial charge in [-0.1, -0.05) is 24.3 Å². The number of hydrogen-bond acceptors (Lipinski definition) is 3. The molecule has 0 bridgehead atoms. The molecule has 27 heavy (non-hydrogen) atoms. The number of fused-ring (bicyclic) bond motifs is 1. The minimum atomic E-state index is -0.350. The molecule has 4 rings (SSSR count). The molecule has 0 aliphatic carbocycles. The van der Waals surface area contributed by atoms with Crippen molar-refractivity contribution in [1.29, 1.82) is 0 Å². The summed E-state index contributed by atoms with van der Waals surface area (Å²) in [4.78, 5) is 0. The zero-order chi connectivity index (χ0) is 19.2. The Balaban J connectivity index is 1.46. The lowest BCUT2D eigenvalue weighted by molar-refractivity contribution is 0.00578.